The highest BCUT2D eigenvalue weighted by Gasteiger charge is 2.27. The van der Waals surface area contributed by atoms with Crippen LogP contribution in [0.2, 0.25) is 0 Å². The summed E-state index contributed by atoms with van der Waals surface area (Å²) in [4.78, 5) is 21.0. The summed E-state index contributed by atoms with van der Waals surface area (Å²) in [7, 11) is 1.75. The Morgan fingerprint density at radius 2 is 2.38 bits per heavy atom. The van der Waals surface area contributed by atoms with E-state index in [9.17, 15) is 4.79 Å². The molecular weight excluding hydrogens is 284 g/mol. The summed E-state index contributed by atoms with van der Waals surface area (Å²) in [5, 5.41) is 0.688. The number of nitrogens with zero attached hydrogens (tertiary/aromatic N) is 3. The number of urea groups is 1. The van der Waals surface area contributed by atoms with Gasteiger partial charge >= 0.3 is 6.03 Å². The Kier molecular flexibility index (Phi) is 5.30. The van der Waals surface area contributed by atoms with Crippen molar-refractivity contribution in [3.05, 3.63) is 42.0 Å². The van der Waals surface area contributed by atoms with Gasteiger partial charge in [-0.2, -0.15) is 0 Å². The van der Waals surface area contributed by atoms with Crippen LogP contribution < -0.4 is 10.6 Å². The van der Waals surface area contributed by atoms with Crippen molar-refractivity contribution in [3.8, 4) is 0 Å². The van der Waals surface area contributed by atoms with E-state index in [1.165, 1.54) is 11.3 Å². The molecule has 0 bridgehead atoms. The van der Waals surface area contributed by atoms with Gasteiger partial charge in [-0.15, -0.1) is 0 Å². The van der Waals surface area contributed by atoms with Crippen LogP contribution in [0.1, 0.15) is 11.3 Å². The maximum absolute atomic E-state index is 12.3. The van der Waals surface area contributed by atoms with Crippen LogP contribution in [-0.4, -0.2) is 42.1 Å². The van der Waals surface area contributed by atoms with Gasteiger partial charge in [0.05, 0.1) is 0 Å². The summed E-state index contributed by atoms with van der Waals surface area (Å²) in [5.41, 5.74) is 5.84. The number of amides is 2. The number of carbonyl (C=O) groups excluding carboxylic acids is 1. The monoisotopic (exact) mass is 304 g/mol. The fraction of sp³-hybridized carbons (Fsp3) is 0.333. The van der Waals surface area contributed by atoms with E-state index in [1.54, 1.807) is 29.1 Å². The average Bonchev–Trinajstić information content (AvgIpc) is 3.11. The van der Waals surface area contributed by atoms with Gasteiger partial charge in [0, 0.05) is 37.3 Å². The second-order valence-electron chi connectivity index (χ2n) is 4.86. The number of hydrogen-bond donors (Lipinski definition) is 1. The van der Waals surface area contributed by atoms with Crippen LogP contribution in [0.5, 0.6) is 0 Å². The summed E-state index contributed by atoms with van der Waals surface area (Å²) < 4.78 is 0. The first-order chi connectivity index (χ1) is 10.1. The van der Waals surface area contributed by atoms with Crippen molar-refractivity contribution in [2.45, 2.75) is 12.5 Å². The number of thiazole rings is 1. The number of allylic oxidation sites excluding steroid dienone is 4. The van der Waals surface area contributed by atoms with Crippen LogP contribution in [0.4, 0.5) is 9.93 Å². The first kappa shape index (κ1) is 15.5. The Hall–Kier alpha value is -1.92. The quantitative estimate of drug-likeness (QED) is 0.869. The molecule has 2 rings (SSSR count). The summed E-state index contributed by atoms with van der Waals surface area (Å²) >= 11 is 1.48. The lowest BCUT2D eigenvalue weighted by Gasteiger charge is -2.22. The first-order valence-corrected chi connectivity index (χ1v) is 7.63. The maximum Gasteiger partial charge on any atom is 0.326 e. The topological polar surface area (TPSA) is 62.5 Å². The van der Waals surface area contributed by atoms with Gasteiger partial charge in [-0.1, -0.05) is 42.2 Å². The van der Waals surface area contributed by atoms with Gasteiger partial charge in [-0.25, -0.2) is 9.78 Å². The molecule has 0 saturated carbocycles. The van der Waals surface area contributed by atoms with Gasteiger partial charge in [0.25, 0.3) is 0 Å². The van der Waals surface area contributed by atoms with Gasteiger partial charge in [0.2, 0.25) is 0 Å². The van der Waals surface area contributed by atoms with Gasteiger partial charge in [0.1, 0.15) is 0 Å². The largest absolute Gasteiger partial charge is 0.326 e. The summed E-state index contributed by atoms with van der Waals surface area (Å²) in [6.45, 7) is 4.94. The summed E-state index contributed by atoms with van der Waals surface area (Å²) in [5.74, 6) is 0. The fourth-order valence-electron chi connectivity index (χ4n) is 2.06. The SMILES string of the molecule is C=C/C=C\C=C\c1cnc(N(C)C(=O)N2CCC(N)C2)s1. The zero-order chi connectivity index (χ0) is 15.2. The van der Waals surface area contributed by atoms with Crippen LogP contribution in [0.3, 0.4) is 0 Å². The van der Waals surface area contributed by atoms with E-state index in [2.05, 4.69) is 11.6 Å². The van der Waals surface area contributed by atoms with Crippen LogP contribution in [-0.2, 0) is 0 Å². The predicted octanol–water partition coefficient (Wildman–Crippen LogP) is 2.49. The van der Waals surface area contributed by atoms with Crippen LogP contribution in [0, 0.1) is 0 Å². The van der Waals surface area contributed by atoms with E-state index in [1.807, 2.05) is 24.3 Å². The van der Waals surface area contributed by atoms with Gasteiger partial charge in [-0.05, 0) is 12.5 Å². The summed E-state index contributed by atoms with van der Waals surface area (Å²) in [6.07, 6.45) is 12.0. The minimum Gasteiger partial charge on any atom is -0.326 e. The molecule has 1 aromatic heterocycles. The van der Waals surface area contributed by atoms with Gasteiger partial charge in [0.15, 0.2) is 5.13 Å². The molecule has 1 unspecified atom stereocenters. The minimum absolute atomic E-state index is 0.0422. The second-order valence-corrected chi connectivity index (χ2v) is 5.90. The molecule has 1 aliphatic rings. The predicted molar refractivity (Wildman–Crippen MR) is 88.4 cm³/mol. The lowest BCUT2D eigenvalue weighted by atomic mass is 10.3. The third kappa shape index (κ3) is 4.03. The second kappa shape index (κ2) is 7.19. The molecule has 0 aromatic carbocycles. The molecule has 0 spiro atoms. The fourth-order valence-corrected chi connectivity index (χ4v) is 2.84. The van der Waals surface area contributed by atoms with Crippen molar-refractivity contribution in [1.82, 2.24) is 9.88 Å². The van der Waals surface area contributed by atoms with Crippen LogP contribution >= 0.6 is 11.3 Å². The van der Waals surface area contributed by atoms with E-state index < -0.39 is 0 Å². The molecule has 112 valence electrons. The molecule has 0 aliphatic carbocycles. The van der Waals surface area contributed by atoms with Crippen LogP contribution in [0.25, 0.3) is 6.08 Å². The number of likely N-dealkylation sites (tertiary alicyclic amines) is 1. The number of rotatable bonds is 4. The van der Waals surface area contributed by atoms with Crippen molar-refractivity contribution in [2.75, 3.05) is 25.0 Å². The van der Waals surface area contributed by atoms with Crippen molar-refractivity contribution in [3.63, 3.8) is 0 Å². The lowest BCUT2D eigenvalue weighted by Crippen LogP contribution is -2.41. The average molecular weight is 304 g/mol. The highest BCUT2D eigenvalue weighted by molar-refractivity contribution is 7.16. The van der Waals surface area contributed by atoms with E-state index in [0.717, 1.165) is 17.8 Å². The smallest absolute Gasteiger partial charge is 0.326 e. The number of anilines is 1. The Bertz CT molecular complexity index is 564. The lowest BCUT2D eigenvalue weighted by molar-refractivity contribution is 0.216. The Morgan fingerprint density at radius 3 is 3.05 bits per heavy atom. The van der Waals surface area contributed by atoms with E-state index in [-0.39, 0.29) is 12.1 Å². The normalized spacial score (nSPS) is 18.8. The highest BCUT2D eigenvalue weighted by atomic mass is 32.1. The van der Waals surface area contributed by atoms with Crippen LogP contribution in [0.15, 0.2) is 37.1 Å². The molecule has 1 aliphatic heterocycles. The van der Waals surface area contributed by atoms with Crippen molar-refractivity contribution in [2.24, 2.45) is 5.73 Å². The molecule has 1 fully saturated rings. The van der Waals surface area contributed by atoms with Gasteiger partial charge < -0.3 is 10.6 Å². The molecule has 21 heavy (non-hydrogen) atoms. The van der Waals surface area contributed by atoms with E-state index in [4.69, 9.17) is 5.73 Å². The molecule has 1 atom stereocenters. The number of aromatic nitrogens is 1. The third-order valence-corrected chi connectivity index (χ3v) is 4.24. The zero-order valence-electron chi connectivity index (χ0n) is 12.1. The molecule has 1 saturated heterocycles. The Morgan fingerprint density at radius 1 is 1.57 bits per heavy atom. The Balaban J connectivity index is 1.99. The molecule has 1 aromatic rings. The number of hydrogen-bond acceptors (Lipinski definition) is 4. The molecule has 5 nitrogen and oxygen atoms in total. The van der Waals surface area contributed by atoms with E-state index in [0.29, 0.717) is 11.7 Å². The standard InChI is InChI=1S/C15H20N4OS/c1-3-4-5-6-7-13-10-17-14(21-13)18(2)15(20)19-9-8-12(16)11-19/h3-7,10,12H,1,8-9,11,16H2,2H3/b5-4-,7-6+. The highest BCUT2D eigenvalue weighted by Crippen LogP contribution is 2.24. The van der Waals surface area contributed by atoms with Crippen molar-refractivity contribution < 1.29 is 4.79 Å². The zero-order valence-corrected chi connectivity index (χ0v) is 12.9. The van der Waals surface area contributed by atoms with Gasteiger partial charge in [-0.3, -0.25) is 4.90 Å². The molecule has 2 heterocycles. The summed E-state index contributed by atoms with van der Waals surface area (Å²) in [6, 6.07) is 0.0492. The number of carbonyl (C=O) groups is 1. The maximum atomic E-state index is 12.3. The Labute approximate surface area is 129 Å². The number of nitrogens with two attached hydrogens (primary N) is 1. The molecule has 2 N–H and O–H groups in total. The van der Waals surface area contributed by atoms with Crippen molar-refractivity contribution >= 4 is 28.6 Å². The first-order valence-electron chi connectivity index (χ1n) is 6.81. The molecule has 2 amide bonds. The molecule has 0 radical (unpaired) electrons. The molecule has 6 heteroatoms. The van der Waals surface area contributed by atoms with Crippen molar-refractivity contribution in [1.29, 1.82) is 0 Å². The third-order valence-electron chi connectivity index (χ3n) is 3.20. The van der Waals surface area contributed by atoms with E-state index >= 15 is 0 Å². The minimum atomic E-state index is -0.0422. The molecular formula is C15H20N4OS.